The average molecular weight is 247 g/mol. The monoisotopic (exact) mass is 247 g/mol. The number of anilines is 2. The van der Waals surface area contributed by atoms with Crippen LogP contribution in [0, 0.1) is 0 Å². The van der Waals surface area contributed by atoms with Gasteiger partial charge in [0.2, 0.25) is 5.91 Å². The molecule has 0 aliphatic carbocycles. The molecular weight excluding hydrogens is 230 g/mol. The maximum Gasteiger partial charge on any atom is 0.321 e. The minimum absolute atomic E-state index is 0.0153. The van der Waals surface area contributed by atoms with Crippen molar-refractivity contribution in [2.75, 3.05) is 23.3 Å². The van der Waals surface area contributed by atoms with Crippen LogP contribution in [0.5, 0.6) is 0 Å². The van der Waals surface area contributed by atoms with Crippen molar-refractivity contribution in [1.29, 1.82) is 0 Å². The zero-order chi connectivity index (χ0) is 13.0. The molecule has 1 aromatic carbocycles. The molecule has 1 saturated heterocycles. The van der Waals surface area contributed by atoms with E-state index < -0.39 is 0 Å². The summed E-state index contributed by atoms with van der Waals surface area (Å²) in [7, 11) is 0. The highest BCUT2D eigenvalue weighted by molar-refractivity contribution is 5.94. The Kier molecular flexibility index (Phi) is 3.82. The SMILES string of the molecule is CCC(=O)Nc1ccc(N2CCCNC2=O)cc1. The third kappa shape index (κ3) is 2.80. The molecule has 1 aliphatic rings. The minimum atomic E-state index is -0.0633. The Morgan fingerprint density at radius 3 is 2.72 bits per heavy atom. The van der Waals surface area contributed by atoms with Crippen LogP contribution < -0.4 is 15.5 Å². The predicted molar refractivity (Wildman–Crippen MR) is 70.7 cm³/mol. The fourth-order valence-corrected chi connectivity index (χ4v) is 1.85. The number of hydrogen-bond acceptors (Lipinski definition) is 2. The molecule has 96 valence electrons. The van der Waals surface area contributed by atoms with E-state index in [0.29, 0.717) is 6.42 Å². The van der Waals surface area contributed by atoms with E-state index in [4.69, 9.17) is 0 Å². The first kappa shape index (κ1) is 12.4. The van der Waals surface area contributed by atoms with E-state index >= 15 is 0 Å². The van der Waals surface area contributed by atoms with Crippen LogP contribution in [0.2, 0.25) is 0 Å². The predicted octanol–water partition coefficient (Wildman–Crippen LogP) is 1.95. The van der Waals surface area contributed by atoms with E-state index in [2.05, 4.69) is 10.6 Å². The highest BCUT2D eigenvalue weighted by Crippen LogP contribution is 2.19. The van der Waals surface area contributed by atoms with Gasteiger partial charge < -0.3 is 10.6 Å². The van der Waals surface area contributed by atoms with Gasteiger partial charge in [0.25, 0.3) is 0 Å². The molecule has 0 spiro atoms. The van der Waals surface area contributed by atoms with Gasteiger partial charge >= 0.3 is 6.03 Å². The number of amides is 3. The number of carbonyl (C=O) groups excluding carboxylic acids is 2. The van der Waals surface area contributed by atoms with Gasteiger partial charge in [-0.1, -0.05) is 6.92 Å². The van der Waals surface area contributed by atoms with Crippen molar-refractivity contribution in [1.82, 2.24) is 5.32 Å². The Bertz CT molecular complexity index is 442. The van der Waals surface area contributed by atoms with Crippen LogP contribution >= 0.6 is 0 Å². The minimum Gasteiger partial charge on any atom is -0.338 e. The van der Waals surface area contributed by atoms with Gasteiger partial charge in [0.1, 0.15) is 0 Å². The number of urea groups is 1. The lowest BCUT2D eigenvalue weighted by atomic mass is 10.2. The fourth-order valence-electron chi connectivity index (χ4n) is 1.85. The first-order chi connectivity index (χ1) is 8.70. The summed E-state index contributed by atoms with van der Waals surface area (Å²) in [5.41, 5.74) is 1.60. The molecule has 5 nitrogen and oxygen atoms in total. The van der Waals surface area contributed by atoms with Crippen molar-refractivity contribution in [3.8, 4) is 0 Å². The number of nitrogens with one attached hydrogen (secondary N) is 2. The lowest BCUT2D eigenvalue weighted by Gasteiger charge is -2.27. The van der Waals surface area contributed by atoms with Crippen LogP contribution in [0.1, 0.15) is 19.8 Å². The molecule has 3 amide bonds. The summed E-state index contributed by atoms with van der Waals surface area (Å²) in [5, 5.41) is 5.58. The summed E-state index contributed by atoms with van der Waals surface area (Å²) in [4.78, 5) is 24.6. The van der Waals surface area contributed by atoms with Gasteiger partial charge in [-0.15, -0.1) is 0 Å². The zero-order valence-corrected chi connectivity index (χ0v) is 10.4. The van der Waals surface area contributed by atoms with Crippen molar-refractivity contribution >= 4 is 23.3 Å². The summed E-state index contributed by atoms with van der Waals surface area (Å²) in [6, 6.07) is 7.24. The van der Waals surface area contributed by atoms with Crippen molar-refractivity contribution in [2.45, 2.75) is 19.8 Å². The van der Waals surface area contributed by atoms with E-state index in [9.17, 15) is 9.59 Å². The quantitative estimate of drug-likeness (QED) is 0.857. The van der Waals surface area contributed by atoms with Gasteiger partial charge in [0.05, 0.1) is 0 Å². The second-order valence-electron chi connectivity index (χ2n) is 4.19. The zero-order valence-electron chi connectivity index (χ0n) is 10.4. The average Bonchev–Trinajstić information content (AvgIpc) is 2.40. The standard InChI is InChI=1S/C13H17N3O2/c1-2-12(17)15-10-4-6-11(7-5-10)16-9-3-8-14-13(16)18/h4-7H,2-3,8-9H2,1H3,(H,14,18)(H,15,17). The molecule has 0 radical (unpaired) electrons. The summed E-state index contributed by atoms with van der Waals surface area (Å²) in [5.74, 6) is -0.0153. The van der Waals surface area contributed by atoms with Crippen LogP contribution in [0.15, 0.2) is 24.3 Å². The van der Waals surface area contributed by atoms with Crippen LogP contribution in [-0.2, 0) is 4.79 Å². The molecule has 5 heteroatoms. The highest BCUT2D eigenvalue weighted by Gasteiger charge is 2.18. The molecule has 0 saturated carbocycles. The number of hydrogen-bond donors (Lipinski definition) is 2. The van der Waals surface area contributed by atoms with Crippen molar-refractivity contribution in [2.24, 2.45) is 0 Å². The molecule has 2 rings (SSSR count). The fraction of sp³-hybridized carbons (Fsp3) is 0.385. The van der Waals surface area contributed by atoms with Crippen LogP contribution in [0.4, 0.5) is 16.2 Å². The molecule has 18 heavy (non-hydrogen) atoms. The number of nitrogens with zero attached hydrogens (tertiary/aromatic N) is 1. The first-order valence-electron chi connectivity index (χ1n) is 6.16. The van der Waals surface area contributed by atoms with E-state index in [-0.39, 0.29) is 11.9 Å². The molecule has 0 atom stereocenters. The Labute approximate surface area is 106 Å². The molecule has 2 N–H and O–H groups in total. The topological polar surface area (TPSA) is 61.4 Å². The molecular formula is C13H17N3O2. The molecule has 1 heterocycles. The summed E-state index contributed by atoms with van der Waals surface area (Å²) >= 11 is 0. The third-order valence-electron chi connectivity index (χ3n) is 2.86. The van der Waals surface area contributed by atoms with E-state index in [1.165, 1.54) is 0 Å². The van der Waals surface area contributed by atoms with Crippen LogP contribution in [-0.4, -0.2) is 25.0 Å². The third-order valence-corrected chi connectivity index (χ3v) is 2.86. The van der Waals surface area contributed by atoms with Gasteiger partial charge in [0.15, 0.2) is 0 Å². The second-order valence-corrected chi connectivity index (χ2v) is 4.19. The van der Waals surface area contributed by atoms with Crippen molar-refractivity contribution < 1.29 is 9.59 Å². The lowest BCUT2D eigenvalue weighted by Crippen LogP contribution is -2.46. The van der Waals surface area contributed by atoms with Gasteiger partial charge in [-0.05, 0) is 30.7 Å². The summed E-state index contributed by atoms with van der Waals surface area (Å²) in [6.07, 6.45) is 1.40. The Morgan fingerprint density at radius 1 is 1.39 bits per heavy atom. The summed E-state index contributed by atoms with van der Waals surface area (Å²) in [6.45, 7) is 3.27. The molecule has 0 aromatic heterocycles. The largest absolute Gasteiger partial charge is 0.338 e. The number of carbonyl (C=O) groups is 2. The van der Waals surface area contributed by atoms with E-state index in [1.807, 2.05) is 31.2 Å². The Balaban J connectivity index is 2.07. The van der Waals surface area contributed by atoms with Gasteiger partial charge in [-0.3, -0.25) is 9.69 Å². The molecule has 1 aliphatic heterocycles. The van der Waals surface area contributed by atoms with Crippen LogP contribution in [0.3, 0.4) is 0 Å². The molecule has 1 fully saturated rings. The molecule has 0 bridgehead atoms. The lowest BCUT2D eigenvalue weighted by molar-refractivity contribution is -0.115. The normalized spacial score (nSPS) is 15.2. The van der Waals surface area contributed by atoms with Crippen molar-refractivity contribution in [3.05, 3.63) is 24.3 Å². The maximum atomic E-state index is 11.6. The maximum absolute atomic E-state index is 11.6. The number of benzene rings is 1. The highest BCUT2D eigenvalue weighted by atomic mass is 16.2. The van der Waals surface area contributed by atoms with E-state index in [1.54, 1.807) is 4.90 Å². The van der Waals surface area contributed by atoms with Gasteiger partial charge in [0, 0.05) is 30.9 Å². The van der Waals surface area contributed by atoms with E-state index in [0.717, 1.165) is 30.9 Å². The Hall–Kier alpha value is -2.04. The Morgan fingerprint density at radius 2 is 2.11 bits per heavy atom. The first-order valence-corrected chi connectivity index (χ1v) is 6.16. The van der Waals surface area contributed by atoms with Gasteiger partial charge in [-0.2, -0.15) is 0 Å². The van der Waals surface area contributed by atoms with Crippen LogP contribution in [0.25, 0.3) is 0 Å². The molecule has 1 aromatic rings. The molecule has 0 unspecified atom stereocenters. The van der Waals surface area contributed by atoms with Crippen molar-refractivity contribution in [3.63, 3.8) is 0 Å². The smallest absolute Gasteiger partial charge is 0.321 e. The second kappa shape index (κ2) is 5.53. The number of rotatable bonds is 3. The van der Waals surface area contributed by atoms with Gasteiger partial charge in [-0.25, -0.2) is 4.79 Å². The summed E-state index contributed by atoms with van der Waals surface area (Å²) < 4.78 is 0.